The van der Waals surface area contributed by atoms with Gasteiger partial charge in [-0.1, -0.05) is 53.8 Å². The van der Waals surface area contributed by atoms with Gasteiger partial charge in [0.05, 0.1) is 25.8 Å². The van der Waals surface area contributed by atoms with Gasteiger partial charge in [0.15, 0.2) is 5.13 Å². The van der Waals surface area contributed by atoms with E-state index in [0.29, 0.717) is 31.1 Å². The second-order valence-corrected chi connectivity index (χ2v) is 7.48. The maximum Gasteiger partial charge on any atom is 0.409 e. The number of benzene rings is 2. The molecule has 7 heteroatoms. The molecule has 0 saturated carbocycles. The van der Waals surface area contributed by atoms with E-state index in [-0.39, 0.29) is 12.0 Å². The molecule has 2 amide bonds. The minimum atomic E-state index is -0.337. The van der Waals surface area contributed by atoms with E-state index in [1.165, 1.54) is 18.4 Å². The topological polar surface area (TPSA) is 71.5 Å². The fourth-order valence-electron chi connectivity index (χ4n) is 3.32. The van der Waals surface area contributed by atoms with Gasteiger partial charge in [-0.3, -0.25) is 4.79 Å². The average molecular weight is 381 g/mol. The molecular weight excluding hydrogens is 362 g/mol. The fourth-order valence-corrected chi connectivity index (χ4v) is 4.36. The highest BCUT2D eigenvalue weighted by Crippen LogP contribution is 2.29. The monoisotopic (exact) mass is 381 g/mol. The smallest absolute Gasteiger partial charge is 0.409 e. The quantitative estimate of drug-likeness (QED) is 0.752. The van der Waals surface area contributed by atoms with Crippen LogP contribution in [0.2, 0.25) is 0 Å². The van der Waals surface area contributed by atoms with E-state index < -0.39 is 0 Å². The molecule has 2 aromatic carbocycles. The summed E-state index contributed by atoms with van der Waals surface area (Å²) in [6.45, 7) is 1.05. The molecule has 3 aromatic rings. The molecule has 0 aliphatic carbocycles. The molecule has 138 valence electrons. The first-order chi connectivity index (χ1) is 13.1. The lowest BCUT2D eigenvalue weighted by Gasteiger charge is -2.24. The summed E-state index contributed by atoms with van der Waals surface area (Å²) in [4.78, 5) is 31.4. The first-order valence-electron chi connectivity index (χ1n) is 8.72. The van der Waals surface area contributed by atoms with Crippen molar-refractivity contribution in [2.45, 2.75) is 19.4 Å². The molecule has 6 nitrogen and oxygen atoms in total. The third-order valence-corrected chi connectivity index (χ3v) is 5.64. The maximum atomic E-state index is 12.5. The standard InChI is InChI=1S/C20H19N3O3S/c1-26-20(25)23-10-9-16-17(12-23)27-19(21-16)22-18(24)11-14-7-4-6-13-5-2-3-8-15(13)14/h2-8H,9-12H2,1H3,(H,21,22,24). The Bertz CT molecular complexity index is 1010. The molecule has 4 rings (SSSR count). The fraction of sp³-hybridized carbons (Fsp3) is 0.250. The highest BCUT2D eigenvalue weighted by molar-refractivity contribution is 7.15. The number of nitrogens with one attached hydrogen (secondary N) is 1. The number of aromatic nitrogens is 1. The van der Waals surface area contributed by atoms with Crippen LogP contribution in [0.15, 0.2) is 42.5 Å². The zero-order valence-electron chi connectivity index (χ0n) is 14.9. The minimum Gasteiger partial charge on any atom is -0.453 e. The molecule has 0 spiro atoms. The number of methoxy groups -OCH3 is 1. The lowest BCUT2D eigenvalue weighted by atomic mass is 10.0. The molecule has 0 fully saturated rings. The molecule has 1 aliphatic rings. The molecule has 2 heterocycles. The van der Waals surface area contributed by atoms with Gasteiger partial charge in [-0.15, -0.1) is 0 Å². The number of carbonyl (C=O) groups excluding carboxylic acids is 2. The molecule has 0 unspecified atom stereocenters. The Morgan fingerprint density at radius 2 is 2.04 bits per heavy atom. The lowest BCUT2D eigenvalue weighted by molar-refractivity contribution is -0.115. The number of nitrogens with zero attached hydrogens (tertiary/aromatic N) is 2. The second-order valence-electron chi connectivity index (χ2n) is 6.39. The first-order valence-corrected chi connectivity index (χ1v) is 9.53. The number of thiazole rings is 1. The van der Waals surface area contributed by atoms with E-state index in [9.17, 15) is 9.59 Å². The van der Waals surface area contributed by atoms with Crippen LogP contribution in [0.25, 0.3) is 10.8 Å². The normalized spacial score (nSPS) is 13.3. The number of ether oxygens (including phenoxy) is 1. The van der Waals surface area contributed by atoms with Crippen LogP contribution in [0.1, 0.15) is 16.1 Å². The van der Waals surface area contributed by atoms with Crippen molar-refractivity contribution in [1.29, 1.82) is 0 Å². The Morgan fingerprint density at radius 1 is 1.22 bits per heavy atom. The van der Waals surface area contributed by atoms with Gasteiger partial charge in [-0.05, 0) is 16.3 Å². The Morgan fingerprint density at radius 3 is 2.89 bits per heavy atom. The van der Waals surface area contributed by atoms with Gasteiger partial charge < -0.3 is 15.0 Å². The number of amides is 2. The van der Waals surface area contributed by atoms with E-state index in [1.54, 1.807) is 4.90 Å². The van der Waals surface area contributed by atoms with Gasteiger partial charge in [0.25, 0.3) is 0 Å². The van der Waals surface area contributed by atoms with Gasteiger partial charge >= 0.3 is 6.09 Å². The molecule has 0 bridgehead atoms. The van der Waals surface area contributed by atoms with Crippen molar-refractivity contribution in [1.82, 2.24) is 9.88 Å². The Labute approximate surface area is 160 Å². The van der Waals surface area contributed by atoms with Gasteiger partial charge in [-0.2, -0.15) is 0 Å². The van der Waals surface area contributed by atoms with E-state index in [1.807, 2.05) is 42.5 Å². The SMILES string of the molecule is COC(=O)N1CCc2nc(NC(=O)Cc3cccc4ccccc34)sc2C1. The molecule has 27 heavy (non-hydrogen) atoms. The van der Waals surface area contributed by atoms with E-state index in [2.05, 4.69) is 10.3 Å². The van der Waals surface area contributed by atoms with Crippen LogP contribution in [-0.4, -0.2) is 35.5 Å². The van der Waals surface area contributed by atoms with Crippen molar-refractivity contribution in [3.05, 3.63) is 58.6 Å². The van der Waals surface area contributed by atoms with Crippen LogP contribution < -0.4 is 5.32 Å². The largest absolute Gasteiger partial charge is 0.453 e. The Kier molecular flexibility index (Phi) is 4.77. The van der Waals surface area contributed by atoms with Crippen molar-refractivity contribution in [2.75, 3.05) is 19.0 Å². The predicted octanol–water partition coefficient (Wildman–Crippen LogP) is 3.60. The summed E-state index contributed by atoms with van der Waals surface area (Å²) < 4.78 is 4.78. The van der Waals surface area contributed by atoms with Crippen LogP contribution in [0.5, 0.6) is 0 Å². The molecule has 1 N–H and O–H groups in total. The van der Waals surface area contributed by atoms with Crippen LogP contribution in [0.4, 0.5) is 9.93 Å². The van der Waals surface area contributed by atoms with Gasteiger partial charge in [0, 0.05) is 17.8 Å². The summed E-state index contributed by atoms with van der Waals surface area (Å²) in [6, 6.07) is 14.0. The van der Waals surface area contributed by atoms with Crippen molar-refractivity contribution >= 4 is 39.2 Å². The summed E-state index contributed by atoms with van der Waals surface area (Å²) in [5.74, 6) is -0.0951. The zero-order chi connectivity index (χ0) is 18.8. The molecule has 0 saturated heterocycles. The van der Waals surface area contributed by atoms with E-state index >= 15 is 0 Å². The third kappa shape index (κ3) is 3.64. The summed E-state index contributed by atoms with van der Waals surface area (Å²) >= 11 is 1.42. The number of anilines is 1. The number of rotatable bonds is 3. The number of fused-ring (bicyclic) bond motifs is 2. The number of carbonyl (C=O) groups is 2. The molecule has 1 aromatic heterocycles. The molecule has 0 radical (unpaired) electrons. The van der Waals surface area contributed by atoms with Gasteiger partial charge in [0.2, 0.25) is 5.91 Å². The number of hydrogen-bond acceptors (Lipinski definition) is 5. The van der Waals surface area contributed by atoms with Gasteiger partial charge in [-0.25, -0.2) is 9.78 Å². The van der Waals surface area contributed by atoms with E-state index in [4.69, 9.17) is 4.74 Å². The summed E-state index contributed by atoms with van der Waals surface area (Å²) in [5.41, 5.74) is 1.93. The van der Waals surface area contributed by atoms with Crippen LogP contribution in [0.3, 0.4) is 0 Å². The van der Waals surface area contributed by atoms with Crippen molar-refractivity contribution in [2.24, 2.45) is 0 Å². The number of hydrogen-bond donors (Lipinski definition) is 1. The van der Waals surface area contributed by atoms with Crippen LogP contribution in [-0.2, 0) is 28.9 Å². The van der Waals surface area contributed by atoms with Crippen molar-refractivity contribution in [3.63, 3.8) is 0 Å². The van der Waals surface area contributed by atoms with E-state index in [0.717, 1.165) is 26.9 Å². The second kappa shape index (κ2) is 7.36. The summed E-state index contributed by atoms with van der Waals surface area (Å²) in [6.07, 6.45) is 0.621. The van der Waals surface area contributed by atoms with Crippen molar-refractivity contribution < 1.29 is 14.3 Å². The van der Waals surface area contributed by atoms with Gasteiger partial charge in [0.1, 0.15) is 0 Å². The highest BCUT2D eigenvalue weighted by Gasteiger charge is 2.25. The first kappa shape index (κ1) is 17.5. The summed E-state index contributed by atoms with van der Waals surface area (Å²) in [5, 5.41) is 5.69. The third-order valence-electron chi connectivity index (χ3n) is 4.64. The summed E-state index contributed by atoms with van der Waals surface area (Å²) in [7, 11) is 1.38. The highest BCUT2D eigenvalue weighted by atomic mass is 32.1. The molecule has 1 aliphatic heterocycles. The lowest BCUT2D eigenvalue weighted by Crippen LogP contribution is -2.35. The molecular formula is C20H19N3O3S. The van der Waals surface area contributed by atoms with Crippen LogP contribution >= 0.6 is 11.3 Å². The Balaban J connectivity index is 1.46. The Hall–Kier alpha value is -2.93. The van der Waals surface area contributed by atoms with Crippen LogP contribution in [0, 0.1) is 0 Å². The minimum absolute atomic E-state index is 0.0951. The molecule has 0 atom stereocenters. The zero-order valence-corrected chi connectivity index (χ0v) is 15.7. The maximum absolute atomic E-state index is 12.5. The average Bonchev–Trinajstić information content (AvgIpc) is 3.08. The predicted molar refractivity (Wildman–Crippen MR) is 105 cm³/mol. The van der Waals surface area contributed by atoms with Crippen molar-refractivity contribution in [3.8, 4) is 0 Å².